The molecular weight excluding hydrogens is 333 g/mol. The molecule has 0 saturated carbocycles. The van der Waals surface area contributed by atoms with Crippen molar-refractivity contribution in [1.82, 2.24) is 14.5 Å². The summed E-state index contributed by atoms with van der Waals surface area (Å²) in [4.78, 5) is 31.0. The van der Waals surface area contributed by atoms with E-state index in [2.05, 4.69) is 4.98 Å². The highest BCUT2D eigenvalue weighted by Crippen LogP contribution is 2.19. The van der Waals surface area contributed by atoms with Crippen LogP contribution in [0.15, 0.2) is 53.6 Å². The molecule has 6 heteroatoms. The number of fused-ring (bicyclic) bond motifs is 1. The summed E-state index contributed by atoms with van der Waals surface area (Å²) in [5, 5.41) is 0.495. The fourth-order valence-electron chi connectivity index (χ4n) is 2.82. The summed E-state index contributed by atoms with van der Waals surface area (Å²) in [6.07, 6.45) is 1.40. The van der Waals surface area contributed by atoms with Gasteiger partial charge in [-0.05, 0) is 43.7 Å². The maximum atomic E-state index is 13.1. The number of benzene rings is 2. The van der Waals surface area contributed by atoms with Crippen LogP contribution in [0.2, 0.25) is 0 Å². The van der Waals surface area contributed by atoms with Gasteiger partial charge in [-0.2, -0.15) is 0 Å². The normalized spacial score (nSPS) is 12.2. The maximum absolute atomic E-state index is 13.1. The van der Waals surface area contributed by atoms with Crippen LogP contribution in [0.3, 0.4) is 0 Å². The lowest BCUT2D eigenvalue weighted by Crippen LogP contribution is -2.35. The Morgan fingerprint density at radius 1 is 1.23 bits per heavy atom. The summed E-state index contributed by atoms with van der Waals surface area (Å²) < 4.78 is 14.4. The van der Waals surface area contributed by atoms with E-state index < -0.39 is 0 Å². The van der Waals surface area contributed by atoms with Crippen molar-refractivity contribution in [2.24, 2.45) is 0 Å². The van der Waals surface area contributed by atoms with Gasteiger partial charge in [0.2, 0.25) is 5.91 Å². The van der Waals surface area contributed by atoms with Gasteiger partial charge >= 0.3 is 0 Å². The third-order valence-corrected chi connectivity index (χ3v) is 4.61. The van der Waals surface area contributed by atoms with Crippen molar-refractivity contribution in [2.75, 3.05) is 7.05 Å². The second-order valence-corrected chi connectivity index (χ2v) is 6.43. The lowest BCUT2D eigenvalue weighted by molar-refractivity contribution is -0.132. The summed E-state index contributed by atoms with van der Waals surface area (Å²) in [6.45, 7) is 3.66. The number of amides is 1. The van der Waals surface area contributed by atoms with E-state index in [0.29, 0.717) is 10.9 Å². The lowest BCUT2D eigenvalue weighted by atomic mass is 10.1. The summed E-state index contributed by atoms with van der Waals surface area (Å²) in [7, 11) is 1.67. The van der Waals surface area contributed by atoms with Crippen LogP contribution < -0.4 is 5.56 Å². The highest BCUT2D eigenvalue weighted by molar-refractivity contribution is 5.79. The molecule has 1 aromatic heterocycles. The van der Waals surface area contributed by atoms with Gasteiger partial charge < -0.3 is 4.90 Å². The minimum atomic E-state index is -0.320. The molecule has 1 heterocycles. The summed E-state index contributed by atoms with van der Waals surface area (Å²) >= 11 is 0. The smallest absolute Gasteiger partial charge is 0.261 e. The molecule has 0 saturated heterocycles. The maximum Gasteiger partial charge on any atom is 0.261 e. The second kappa shape index (κ2) is 7.07. The number of hydrogen-bond donors (Lipinski definition) is 0. The number of halogens is 1. The Morgan fingerprint density at radius 2 is 1.92 bits per heavy atom. The molecule has 0 bridgehead atoms. The van der Waals surface area contributed by atoms with Crippen LogP contribution in [0.4, 0.5) is 4.39 Å². The van der Waals surface area contributed by atoms with Gasteiger partial charge in [-0.1, -0.05) is 23.8 Å². The van der Waals surface area contributed by atoms with E-state index in [1.54, 1.807) is 36.2 Å². The van der Waals surface area contributed by atoms with E-state index >= 15 is 0 Å². The molecule has 0 aliphatic rings. The van der Waals surface area contributed by atoms with Gasteiger partial charge in [0.25, 0.3) is 5.56 Å². The first kappa shape index (κ1) is 17.8. The average Bonchev–Trinajstić information content (AvgIpc) is 2.63. The van der Waals surface area contributed by atoms with Crippen LogP contribution in [0.5, 0.6) is 0 Å². The van der Waals surface area contributed by atoms with Crippen molar-refractivity contribution < 1.29 is 9.18 Å². The molecule has 0 fully saturated rings. The molecule has 0 radical (unpaired) electrons. The predicted molar refractivity (Wildman–Crippen MR) is 98.3 cm³/mol. The van der Waals surface area contributed by atoms with E-state index in [1.165, 1.54) is 23.0 Å². The Hall–Kier alpha value is -3.02. The molecule has 5 nitrogen and oxygen atoms in total. The fourth-order valence-corrected chi connectivity index (χ4v) is 2.82. The summed E-state index contributed by atoms with van der Waals surface area (Å²) in [5.41, 5.74) is 2.15. The average molecular weight is 353 g/mol. The number of carbonyl (C=O) groups excluding carboxylic acids is 1. The minimum absolute atomic E-state index is 0.0995. The molecule has 26 heavy (non-hydrogen) atoms. The Morgan fingerprint density at radius 3 is 2.62 bits per heavy atom. The lowest BCUT2D eigenvalue weighted by Gasteiger charge is -2.25. The molecule has 0 spiro atoms. The molecule has 3 rings (SSSR count). The molecular formula is C20H20FN3O2. The Balaban J connectivity index is 1.83. The van der Waals surface area contributed by atoms with Crippen molar-refractivity contribution in [1.29, 1.82) is 0 Å². The Bertz CT molecular complexity index is 1010. The van der Waals surface area contributed by atoms with Gasteiger partial charge in [-0.3, -0.25) is 14.2 Å². The van der Waals surface area contributed by atoms with Crippen molar-refractivity contribution in [2.45, 2.75) is 26.4 Å². The fraction of sp³-hybridized carbons (Fsp3) is 0.250. The molecule has 1 unspecified atom stereocenters. The SMILES string of the molecule is Cc1ccc2ncn(CC(=O)N(C)C(C)c3ccc(F)cc3)c(=O)c2c1. The molecule has 1 amide bonds. The van der Waals surface area contributed by atoms with Crippen LogP contribution in [-0.4, -0.2) is 27.4 Å². The third-order valence-electron chi connectivity index (χ3n) is 4.61. The van der Waals surface area contributed by atoms with Crippen LogP contribution in [0, 0.1) is 12.7 Å². The Labute approximate surface area is 150 Å². The van der Waals surface area contributed by atoms with Gasteiger partial charge in [-0.15, -0.1) is 0 Å². The van der Waals surface area contributed by atoms with E-state index in [1.807, 2.05) is 19.9 Å². The van der Waals surface area contributed by atoms with E-state index in [4.69, 9.17) is 0 Å². The van der Waals surface area contributed by atoms with Crippen LogP contribution >= 0.6 is 0 Å². The molecule has 0 aliphatic heterocycles. The molecule has 0 N–H and O–H groups in total. The van der Waals surface area contributed by atoms with Gasteiger partial charge in [0.05, 0.1) is 23.3 Å². The molecule has 3 aromatic rings. The minimum Gasteiger partial charge on any atom is -0.337 e. The van der Waals surface area contributed by atoms with Crippen LogP contribution in [0.1, 0.15) is 24.1 Å². The van der Waals surface area contributed by atoms with Gasteiger partial charge in [0.15, 0.2) is 0 Å². The quantitative estimate of drug-likeness (QED) is 0.724. The van der Waals surface area contributed by atoms with Crippen LogP contribution in [-0.2, 0) is 11.3 Å². The predicted octanol–water partition coefficient (Wildman–Crippen LogP) is 3.06. The zero-order chi connectivity index (χ0) is 18.8. The van der Waals surface area contributed by atoms with Crippen molar-refractivity contribution in [3.8, 4) is 0 Å². The zero-order valence-corrected chi connectivity index (χ0v) is 14.9. The number of aryl methyl sites for hydroxylation is 1. The van der Waals surface area contributed by atoms with E-state index in [9.17, 15) is 14.0 Å². The number of carbonyl (C=O) groups is 1. The van der Waals surface area contributed by atoms with E-state index in [-0.39, 0.29) is 29.9 Å². The zero-order valence-electron chi connectivity index (χ0n) is 14.9. The molecule has 0 aliphatic carbocycles. The second-order valence-electron chi connectivity index (χ2n) is 6.43. The van der Waals surface area contributed by atoms with Gasteiger partial charge in [0.1, 0.15) is 12.4 Å². The topological polar surface area (TPSA) is 55.2 Å². The molecule has 134 valence electrons. The van der Waals surface area contributed by atoms with Crippen LogP contribution in [0.25, 0.3) is 10.9 Å². The number of likely N-dealkylation sites (N-methyl/N-ethyl adjacent to an activating group) is 1. The molecule has 2 aromatic carbocycles. The van der Waals surface area contributed by atoms with Crippen molar-refractivity contribution >= 4 is 16.8 Å². The third kappa shape index (κ3) is 3.49. The summed E-state index contributed by atoms with van der Waals surface area (Å²) in [5.74, 6) is -0.545. The number of nitrogens with zero attached hydrogens (tertiary/aromatic N) is 3. The largest absolute Gasteiger partial charge is 0.337 e. The first-order chi connectivity index (χ1) is 12.4. The van der Waals surface area contributed by atoms with E-state index in [0.717, 1.165) is 11.1 Å². The standard InChI is InChI=1S/C20H20FN3O2/c1-13-4-9-18-17(10-13)20(26)24(12-22-18)11-19(25)23(3)14(2)15-5-7-16(21)8-6-15/h4-10,12,14H,11H2,1-3H3. The van der Waals surface area contributed by atoms with Crippen molar-refractivity contribution in [3.05, 3.63) is 76.1 Å². The summed E-state index contributed by atoms with van der Waals surface area (Å²) in [6, 6.07) is 11.2. The molecule has 1 atom stereocenters. The number of rotatable bonds is 4. The van der Waals surface area contributed by atoms with Gasteiger partial charge in [0, 0.05) is 7.05 Å². The monoisotopic (exact) mass is 353 g/mol. The number of hydrogen-bond acceptors (Lipinski definition) is 3. The first-order valence-electron chi connectivity index (χ1n) is 8.34. The van der Waals surface area contributed by atoms with Gasteiger partial charge in [-0.25, -0.2) is 9.37 Å². The highest BCUT2D eigenvalue weighted by atomic mass is 19.1. The van der Waals surface area contributed by atoms with Crippen molar-refractivity contribution in [3.63, 3.8) is 0 Å². The highest BCUT2D eigenvalue weighted by Gasteiger charge is 2.18. The first-order valence-corrected chi connectivity index (χ1v) is 8.34. The number of aromatic nitrogens is 2. The Kier molecular flexibility index (Phi) is 4.84.